The Morgan fingerprint density at radius 3 is 1.14 bits per heavy atom. The molecular weight excluding hydrogens is 901 g/mol. The molecule has 0 amide bonds. The number of methoxy groups -OCH3 is 1. The number of carboxylic acids is 1. The van der Waals surface area contributed by atoms with Crippen LogP contribution in [0.15, 0.2) is 121 Å². The molecular formula is C67H86O6. The van der Waals surface area contributed by atoms with Gasteiger partial charge in [0.25, 0.3) is 0 Å². The third-order valence-electron chi connectivity index (χ3n) is 16.2. The Bertz CT molecular complexity index is 2830. The molecule has 0 aliphatic rings. The summed E-state index contributed by atoms with van der Waals surface area (Å²) in [5, 5.41) is 30.4. The Labute approximate surface area is 439 Å². The summed E-state index contributed by atoms with van der Waals surface area (Å²) in [7, 11) is 1.41. The van der Waals surface area contributed by atoms with Gasteiger partial charge in [0.2, 0.25) is 0 Å². The molecule has 0 aliphatic heterocycles. The van der Waals surface area contributed by atoms with Crippen LogP contribution < -0.4 is 0 Å². The van der Waals surface area contributed by atoms with Gasteiger partial charge in [-0.15, -0.1) is 0 Å². The first-order valence-electron chi connectivity index (χ1n) is 26.7. The van der Waals surface area contributed by atoms with Crippen molar-refractivity contribution < 1.29 is 29.6 Å². The average Bonchev–Trinajstić information content (AvgIpc) is 3.36. The van der Waals surface area contributed by atoms with E-state index >= 15 is 0 Å². The SMILES string of the molecule is CCC(CC)(c1ccc(CCC(O)C(C)(C)C)c(C)c1)c1ccc(-c2cccc(C(=O)O)c2)c(C)c1.CCC(CC)(c1ccc(CCC(O)C(C)(C)C)c(C)c1)c1ccc(-c2cccc(C(=O)OC)c2)c(C)c1. The van der Waals surface area contributed by atoms with E-state index in [4.69, 9.17) is 4.74 Å². The molecule has 0 heterocycles. The Kier molecular flexibility index (Phi) is 19.5. The van der Waals surface area contributed by atoms with Crippen LogP contribution in [0.1, 0.15) is 184 Å². The van der Waals surface area contributed by atoms with Gasteiger partial charge >= 0.3 is 11.9 Å². The van der Waals surface area contributed by atoms with Gasteiger partial charge in [0.05, 0.1) is 30.4 Å². The van der Waals surface area contributed by atoms with E-state index in [1.165, 1.54) is 57.2 Å². The molecule has 0 bridgehead atoms. The Balaban J connectivity index is 0.000000271. The lowest BCUT2D eigenvalue weighted by Gasteiger charge is -2.34. The molecule has 0 fully saturated rings. The Hall–Kier alpha value is -5.82. The molecule has 0 aromatic heterocycles. The van der Waals surface area contributed by atoms with E-state index in [9.17, 15) is 24.9 Å². The number of aliphatic hydroxyl groups is 2. The zero-order chi connectivity index (χ0) is 54.1. The van der Waals surface area contributed by atoms with Gasteiger partial charge in [-0.3, -0.25) is 0 Å². The molecule has 6 heteroatoms. The van der Waals surface area contributed by atoms with Crippen molar-refractivity contribution >= 4 is 11.9 Å². The average molecular weight is 987 g/mol. The normalized spacial score (nSPS) is 12.9. The van der Waals surface area contributed by atoms with Crippen LogP contribution in [-0.2, 0) is 28.4 Å². The summed E-state index contributed by atoms with van der Waals surface area (Å²) in [6.07, 6.45) is 6.63. The van der Waals surface area contributed by atoms with Crippen molar-refractivity contribution in [1.29, 1.82) is 0 Å². The molecule has 6 aromatic rings. The van der Waals surface area contributed by atoms with Gasteiger partial charge in [0.1, 0.15) is 0 Å². The second kappa shape index (κ2) is 24.5. The first-order valence-corrected chi connectivity index (χ1v) is 26.7. The van der Waals surface area contributed by atoms with Crippen LogP contribution in [0.5, 0.6) is 0 Å². The summed E-state index contributed by atoms with van der Waals surface area (Å²) in [5.41, 5.74) is 17.4. The van der Waals surface area contributed by atoms with Crippen LogP contribution in [0.25, 0.3) is 22.3 Å². The van der Waals surface area contributed by atoms with Crippen LogP contribution in [0, 0.1) is 38.5 Å². The van der Waals surface area contributed by atoms with Crippen molar-refractivity contribution in [3.63, 3.8) is 0 Å². The standard InChI is InChI=1S/C34H44O3.C33H42O3/c1-9-34(10-2,28-16-14-25(23(3)20-28)15-19-31(35)33(5,6)7)29-17-18-30(24(4)21-29)26-12-11-13-27(22-26)32(36)37-8;1-8-33(9-2,27-15-13-24(22(3)19-27)14-18-30(34)32(5,6)7)28-16-17-29(23(4)20-28)25-11-10-12-26(21-25)31(35)36/h11-14,16-18,20-22,31,35H,9-10,15,19H2,1-8H3;10-13,15-17,19-21,30,34H,8-9,14,18H2,1-7H3,(H,35,36). The fourth-order valence-corrected chi connectivity index (χ4v) is 10.8. The van der Waals surface area contributed by atoms with Gasteiger partial charge in [-0.05, 0) is 192 Å². The number of rotatable bonds is 18. The topological polar surface area (TPSA) is 104 Å². The zero-order valence-electron chi connectivity index (χ0n) is 46.9. The quantitative estimate of drug-likeness (QED) is 0.0741. The predicted octanol–water partition coefficient (Wildman–Crippen LogP) is 16.3. The molecule has 390 valence electrons. The van der Waals surface area contributed by atoms with Crippen molar-refractivity contribution in [2.24, 2.45) is 10.8 Å². The summed E-state index contributed by atoms with van der Waals surface area (Å²) in [4.78, 5) is 23.5. The summed E-state index contributed by atoms with van der Waals surface area (Å²) < 4.78 is 4.91. The van der Waals surface area contributed by atoms with E-state index in [0.29, 0.717) is 11.1 Å². The number of carbonyl (C=O) groups is 2. The molecule has 6 rings (SSSR count). The van der Waals surface area contributed by atoms with Crippen molar-refractivity contribution in [2.45, 2.75) is 171 Å². The van der Waals surface area contributed by atoms with Crippen LogP contribution in [0.4, 0.5) is 0 Å². The number of benzene rings is 6. The lowest BCUT2D eigenvalue weighted by Crippen LogP contribution is -2.27. The van der Waals surface area contributed by atoms with Gasteiger partial charge in [0.15, 0.2) is 0 Å². The Morgan fingerprint density at radius 1 is 0.479 bits per heavy atom. The highest BCUT2D eigenvalue weighted by molar-refractivity contribution is 5.91. The number of ether oxygens (including phenoxy) is 1. The van der Waals surface area contributed by atoms with Crippen LogP contribution in [0.2, 0.25) is 0 Å². The lowest BCUT2D eigenvalue weighted by atomic mass is 9.69. The second-order valence-corrected chi connectivity index (χ2v) is 22.7. The van der Waals surface area contributed by atoms with Crippen molar-refractivity contribution in [3.05, 3.63) is 188 Å². The number of aromatic carboxylic acids is 1. The highest BCUT2D eigenvalue weighted by Crippen LogP contribution is 2.43. The highest BCUT2D eigenvalue weighted by atomic mass is 16.5. The zero-order valence-corrected chi connectivity index (χ0v) is 46.9. The summed E-state index contributed by atoms with van der Waals surface area (Å²) in [5.74, 6) is -1.23. The van der Waals surface area contributed by atoms with Gasteiger partial charge in [-0.25, -0.2) is 9.59 Å². The third-order valence-corrected chi connectivity index (χ3v) is 16.2. The molecule has 3 N–H and O–H groups in total. The molecule has 0 radical (unpaired) electrons. The molecule has 2 atom stereocenters. The van der Waals surface area contributed by atoms with E-state index in [1.54, 1.807) is 24.3 Å². The van der Waals surface area contributed by atoms with Crippen LogP contribution in [0.3, 0.4) is 0 Å². The number of carbonyl (C=O) groups excluding carboxylic acids is 1. The smallest absolute Gasteiger partial charge is 0.337 e. The van der Waals surface area contributed by atoms with E-state index in [2.05, 4.69) is 170 Å². The summed E-state index contributed by atoms with van der Waals surface area (Å²) >= 11 is 0. The third kappa shape index (κ3) is 13.5. The molecule has 6 nitrogen and oxygen atoms in total. The maximum atomic E-state index is 12.0. The molecule has 0 saturated heterocycles. The molecule has 6 aromatic carbocycles. The Morgan fingerprint density at radius 2 is 0.822 bits per heavy atom. The number of hydrogen-bond acceptors (Lipinski definition) is 5. The number of hydrogen-bond donors (Lipinski definition) is 3. The first kappa shape index (κ1) is 58.1. The van der Waals surface area contributed by atoms with Crippen LogP contribution >= 0.6 is 0 Å². The minimum Gasteiger partial charge on any atom is -0.478 e. The number of aliphatic hydroxyl groups excluding tert-OH is 2. The number of esters is 1. The van der Waals surface area contributed by atoms with Crippen LogP contribution in [-0.4, -0.2) is 46.6 Å². The fourth-order valence-electron chi connectivity index (χ4n) is 10.8. The monoisotopic (exact) mass is 987 g/mol. The summed E-state index contributed by atoms with van der Waals surface area (Å²) in [6.45, 7) is 30.2. The van der Waals surface area contributed by atoms with Gasteiger partial charge in [0, 0.05) is 10.8 Å². The van der Waals surface area contributed by atoms with Crippen molar-refractivity contribution in [3.8, 4) is 22.3 Å². The van der Waals surface area contributed by atoms with E-state index in [-0.39, 0.29) is 39.8 Å². The predicted molar refractivity (Wildman–Crippen MR) is 304 cm³/mol. The van der Waals surface area contributed by atoms with E-state index in [0.717, 1.165) is 79.2 Å². The van der Waals surface area contributed by atoms with Crippen molar-refractivity contribution in [1.82, 2.24) is 0 Å². The number of carboxylic acid groups (broad SMARTS) is 1. The number of aryl methyl sites for hydroxylation is 6. The maximum absolute atomic E-state index is 12.0. The van der Waals surface area contributed by atoms with Gasteiger partial charge < -0.3 is 20.1 Å². The minimum atomic E-state index is -0.908. The fraction of sp³-hybridized carbons (Fsp3) is 0.433. The van der Waals surface area contributed by atoms with E-state index in [1.807, 2.05) is 24.3 Å². The maximum Gasteiger partial charge on any atom is 0.337 e. The van der Waals surface area contributed by atoms with Gasteiger partial charge in [-0.1, -0.05) is 166 Å². The second-order valence-electron chi connectivity index (χ2n) is 22.7. The molecule has 2 unspecified atom stereocenters. The molecule has 0 aliphatic carbocycles. The largest absolute Gasteiger partial charge is 0.478 e. The van der Waals surface area contributed by atoms with Gasteiger partial charge in [-0.2, -0.15) is 0 Å². The molecule has 0 saturated carbocycles. The summed E-state index contributed by atoms with van der Waals surface area (Å²) in [6, 6.07) is 42.0. The lowest BCUT2D eigenvalue weighted by molar-refractivity contribution is 0.0559. The molecule has 0 spiro atoms. The highest BCUT2D eigenvalue weighted by Gasteiger charge is 2.33. The minimum absolute atomic E-state index is 0.0780. The molecule has 73 heavy (non-hydrogen) atoms. The van der Waals surface area contributed by atoms with E-state index < -0.39 is 5.97 Å². The van der Waals surface area contributed by atoms with Crippen molar-refractivity contribution in [2.75, 3.05) is 7.11 Å². The first-order chi connectivity index (χ1) is 34.4.